The van der Waals surface area contributed by atoms with Crippen molar-refractivity contribution < 1.29 is 4.39 Å². The van der Waals surface area contributed by atoms with E-state index < -0.39 is 6.17 Å². The van der Waals surface area contributed by atoms with E-state index in [4.69, 9.17) is 0 Å². The van der Waals surface area contributed by atoms with Crippen LogP contribution in [0.15, 0.2) is 12.2 Å². The van der Waals surface area contributed by atoms with Gasteiger partial charge in [-0.1, -0.05) is 26.0 Å². The lowest BCUT2D eigenvalue weighted by Crippen LogP contribution is -2.19. The Morgan fingerprint density at radius 2 is 2.22 bits per heavy atom. The molecule has 0 aromatic heterocycles. The third-order valence-electron chi connectivity index (χ3n) is 1.76. The van der Waals surface area contributed by atoms with Crippen molar-refractivity contribution in [3.05, 3.63) is 12.2 Å². The fourth-order valence-corrected chi connectivity index (χ4v) is 1.21. The van der Waals surface area contributed by atoms with Crippen molar-refractivity contribution >= 4 is 0 Å². The molecule has 0 amide bonds. The molecule has 0 radical (unpaired) electrons. The van der Waals surface area contributed by atoms with E-state index in [-0.39, 0.29) is 5.41 Å². The van der Waals surface area contributed by atoms with E-state index in [9.17, 15) is 4.39 Å². The van der Waals surface area contributed by atoms with Crippen LogP contribution in [0.3, 0.4) is 0 Å². The van der Waals surface area contributed by atoms with Crippen LogP contribution in [-0.4, -0.2) is 6.17 Å². The average Bonchev–Trinajstić information content (AvgIpc) is 1.60. The van der Waals surface area contributed by atoms with Gasteiger partial charge in [-0.3, -0.25) is 0 Å². The largest absolute Gasteiger partial charge is 0.243 e. The van der Waals surface area contributed by atoms with Gasteiger partial charge in [0.25, 0.3) is 0 Å². The molecular formula is C8H13F. The summed E-state index contributed by atoms with van der Waals surface area (Å²) in [6.07, 6.45) is 4.60. The summed E-state index contributed by atoms with van der Waals surface area (Å²) in [5, 5.41) is 0. The van der Waals surface area contributed by atoms with Crippen molar-refractivity contribution in [1.82, 2.24) is 0 Å². The smallest absolute Gasteiger partial charge is 0.119 e. The van der Waals surface area contributed by atoms with Gasteiger partial charge in [-0.25, -0.2) is 4.39 Å². The van der Waals surface area contributed by atoms with Crippen LogP contribution in [-0.2, 0) is 0 Å². The molecule has 0 bridgehead atoms. The predicted octanol–water partition coefficient (Wildman–Crippen LogP) is 2.70. The zero-order valence-corrected chi connectivity index (χ0v) is 6.02. The molecule has 0 fully saturated rings. The molecule has 0 heterocycles. The van der Waals surface area contributed by atoms with Crippen LogP contribution in [0, 0.1) is 5.41 Å². The van der Waals surface area contributed by atoms with Gasteiger partial charge in [0.05, 0.1) is 0 Å². The zero-order chi connectivity index (χ0) is 6.91. The molecule has 0 aromatic carbocycles. The molecule has 1 atom stereocenters. The van der Waals surface area contributed by atoms with Gasteiger partial charge in [-0.15, -0.1) is 0 Å². The Morgan fingerprint density at radius 3 is 2.56 bits per heavy atom. The fraction of sp³-hybridized carbons (Fsp3) is 0.750. The third kappa shape index (κ3) is 1.81. The first-order valence-electron chi connectivity index (χ1n) is 3.41. The summed E-state index contributed by atoms with van der Waals surface area (Å²) in [5.74, 6) is 0. The molecule has 0 spiro atoms. The molecule has 9 heavy (non-hydrogen) atoms. The van der Waals surface area contributed by atoms with Crippen molar-refractivity contribution in [1.29, 1.82) is 0 Å². The van der Waals surface area contributed by atoms with Crippen LogP contribution < -0.4 is 0 Å². The molecule has 0 saturated heterocycles. The molecule has 1 heteroatoms. The van der Waals surface area contributed by atoms with Crippen molar-refractivity contribution in [3.63, 3.8) is 0 Å². The molecule has 1 aliphatic carbocycles. The number of halogens is 1. The van der Waals surface area contributed by atoms with E-state index in [1.165, 1.54) is 0 Å². The topological polar surface area (TPSA) is 0 Å². The van der Waals surface area contributed by atoms with Crippen molar-refractivity contribution in [3.8, 4) is 0 Å². The van der Waals surface area contributed by atoms with E-state index in [1.54, 1.807) is 6.08 Å². The van der Waals surface area contributed by atoms with Gasteiger partial charge >= 0.3 is 0 Å². The van der Waals surface area contributed by atoms with Crippen LogP contribution in [0.25, 0.3) is 0 Å². The van der Waals surface area contributed by atoms with Crippen LogP contribution in [0.5, 0.6) is 0 Å². The minimum Gasteiger partial charge on any atom is -0.243 e. The Hall–Kier alpha value is -0.330. The quantitative estimate of drug-likeness (QED) is 0.440. The maximum absolute atomic E-state index is 12.6. The molecule has 0 saturated carbocycles. The molecule has 0 aromatic rings. The van der Waals surface area contributed by atoms with Crippen molar-refractivity contribution in [2.45, 2.75) is 32.9 Å². The average molecular weight is 128 g/mol. The Morgan fingerprint density at radius 1 is 1.56 bits per heavy atom. The second-order valence-corrected chi connectivity index (χ2v) is 3.52. The van der Waals surface area contributed by atoms with E-state index in [0.717, 1.165) is 6.42 Å². The van der Waals surface area contributed by atoms with Gasteiger partial charge in [-0.05, 0) is 18.3 Å². The van der Waals surface area contributed by atoms with E-state index in [1.807, 2.05) is 6.08 Å². The first kappa shape index (κ1) is 6.79. The van der Waals surface area contributed by atoms with Gasteiger partial charge in [0.15, 0.2) is 0 Å². The monoisotopic (exact) mass is 128 g/mol. The maximum Gasteiger partial charge on any atom is 0.119 e. The highest BCUT2D eigenvalue weighted by Gasteiger charge is 2.23. The lowest BCUT2D eigenvalue weighted by atomic mass is 9.80. The Balaban J connectivity index is 2.58. The summed E-state index contributed by atoms with van der Waals surface area (Å²) in [6.45, 7) is 4.20. The minimum absolute atomic E-state index is 0.189. The standard InChI is InChI=1S/C8H13F/c1-8(2)5-3-4-7(9)6-8/h3-4,7H,5-6H2,1-2H3. The molecule has 1 unspecified atom stereocenters. The van der Waals surface area contributed by atoms with Gasteiger partial charge in [-0.2, -0.15) is 0 Å². The molecule has 1 rings (SSSR count). The Kier molecular flexibility index (Phi) is 1.60. The highest BCUT2D eigenvalue weighted by Crippen LogP contribution is 2.32. The van der Waals surface area contributed by atoms with E-state index >= 15 is 0 Å². The number of hydrogen-bond donors (Lipinski definition) is 0. The number of rotatable bonds is 0. The van der Waals surface area contributed by atoms with Gasteiger partial charge in [0.1, 0.15) is 6.17 Å². The highest BCUT2D eigenvalue weighted by molar-refractivity contribution is 4.99. The summed E-state index contributed by atoms with van der Waals surface area (Å²) >= 11 is 0. The second kappa shape index (κ2) is 2.13. The first-order chi connectivity index (χ1) is 4.10. The van der Waals surface area contributed by atoms with Crippen molar-refractivity contribution in [2.75, 3.05) is 0 Å². The summed E-state index contributed by atoms with van der Waals surface area (Å²) in [5.41, 5.74) is 0.189. The molecule has 52 valence electrons. The van der Waals surface area contributed by atoms with Crippen LogP contribution in [0.2, 0.25) is 0 Å². The molecule has 0 aliphatic heterocycles. The van der Waals surface area contributed by atoms with Crippen LogP contribution >= 0.6 is 0 Å². The Bertz CT molecular complexity index is 125. The van der Waals surface area contributed by atoms with Gasteiger partial charge < -0.3 is 0 Å². The number of allylic oxidation sites excluding steroid dienone is 2. The summed E-state index contributed by atoms with van der Waals surface area (Å²) in [6, 6.07) is 0. The van der Waals surface area contributed by atoms with Crippen LogP contribution in [0.4, 0.5) is 4.39 Å². The van der Waals surface area contributed by atoms with Crippen LogP contribution in [0.1, 0.15) is 26.7 Å². The van der Waals surface area contributed by atoms with Crippen molar-refractivity contribution in [2.24, 2.45) is 5.41 Å². The number of alkyl halides is 1. The summed E-state index contributed by atoms with van der Waals surface area (Å²) < 4.78 is 12.6. The Labute approximate surface area is 55.8 Å². The summed E-state index contributed by atoms with van der Waals surface area (Å²) in [4.78, 5) is 0. The van der Waals surface area contributed by atoms with E-state index in [0.29, 0.717) is 6.42 Å². The van der Waals surface area contributed by atoms with E-state index in [2.05, 4.69) is 13.8 Å². The fourth-order valence-electron chi connectivity index (χ4n) is 1.21. The maximum atomic E-state index is 12.6. The molecular weight excluding hydrogens is 115 g/mol. The second-order valence-electron chi connectivity index (χ2n) is 3.52. The van der Waals surface area contributed by atoms with Gasteiger partial charge in [0, 0.05) is 0 Å². The first-order valence-corrected chi connectivity index (χ1v) is 3.41. The lowest BCUT2D eigenvalue weighted by Gasteiger charge is -2.27. The molecule has 1 aliphatic rings. The predicted molar refractivity (Wildman–Crippen MR) is 37.1 cm³/mol. The molecule has 0 nitrogen and oxygen atoms in total. The SMILES string of the molecule is CC1(C)CC=CC(F)C1. The van der Waals surface area contributed by atoms with Gasteiger partial charge in [0.2, 0.25) is 0 Å². The third-order valence-corrected chi connectivity index (χ3v) is 1.76. The molecule has 0 N–H and O–H groups in total. The number of hydrogen-bond acceptors (Lipinski definition) is 0. The zero-order valence-electron chi connectivity index (χ0n) is 6.02. The lowest BCUT2D eigenvalue weighted by molar-refractivity contribution is 0.230. The summed E-state index contributed by atoms with van der Waals surface area (Å²) in [7, 11) is 0. The highest BCUT2D eigenvalue weighted by atomic mass is 19.1. The minimum atomic E-state index is -0.700. The normalized spacial score (nSPS) is 32.6.